The molecule has 0 aliphatic carbocycles. The number of carboxylic acids is 1. The Labute approximate surface area is 99.9 Å². The molecule has 1 N–H and O–H groups in total. The Hall–Kier alpha value is -1.84. The molecule has 1 aliphatic rings. The Morgan fingerprint density at radius 2 is 2.12 bits per heavy atom. The molecule has 1 aromatic rings. The van der Waals surface area contributed by atoms with Crippen LogP contribution in [0.1, 0.15) is 18.9 Å². The largest absolute Gasteiger partial charge is 0.481 e. The number of carbonyl (C=O) groups excluding carboxylic acids is 1. The van der Waals surface area contributed by atoms with E-state index in [1.807, 2.05) is 24.3 Å². The van der Waals surface area contributed by atoms with Gasteiger partial charge in [-0.05, 0) is 24.5 Å². The maximum Gasteiger partial charge on any atom is 0.316 e. The summed E-state index contributed by atoms with van der Waals surface area (Å²) in [5.41, 5.74) is 1.97. The van der Waals surface area contributed by atoms with E-state index >= 15 is 0 Å². The van der Waals surface area contributed by atoms with Crippen LogP contribution in [0.4, 0.5) is 5.69 Å². The van der Waals surface area contributed by atoms with Gasteiger partial charge in [-0.2, -0.15) is 0 Å². The van der Waals surface area contributed by atoms with Crippen molar-refractivity contribution in [2.24, 2.45) is 5.92 Å². The SMILES string of the molecule is CCC(C(=O)O)C(=O)N1CCc2ccccc21. The molecule has 2 rings (SSSR count). The van der Waals surface area contributed by atoms with Gasteiger partial charge in [0.2, 0.25) is 5.91 Å². The third-order valence-electron chi connectivity index (χ3n) is 3.16. The van der Waals surface area contributed by atoms with E-state index in [1.54, 1.807) is 11.8 Å². The van der Waals surface area contributed by atoms with Gasteiger partial charge in [-0.25, -0.2) is 0 Å². The monoisotopic (exact) mass is 233 g/mol. The molecular formula is C13H15NO3. The summed E-state index contributed by atoms with van der Waals surface area (Å²) < 4.78 is 0. The Bertz CT molecular complexity index is 456. The molecule has 0 saturated heterocycles. The van der Waals surface area contributed by atoms with Gasteiger partial charge >= 0.3 is 5.97 Å². The first kappa shape index (κ1) is 11.6. The van der Waals surface area contributed by atoms with Gasteiger partial charge in [-0.3, -0.25) is 9.59 Å². The second-order valence-corrected chi connectivity index (χ2v) is 4.17. The van der Waals surface area contributed by atoms with Gasteiger partial charge in [0.25, 0.3) is 0 Å². The molecule has 0 fully saturated rings. The molecule has 0 aromatic heterocycles. The molecule has 1 heterocycles. The van der Waals surface area contributed by atoms with E-state index in [1.165, 1.54) is 0 Å². The van der Waals surface area contributed by atoms with E-state index in [0.29, 0.717) is 13.0 Å². The highest BCUT2D eigenvalue weighted by molar-refractivity contribution is 6.06. The molecule has 90 valence electrons. The van der Waals surface area contributed by atoms with Crippen molar-refractivity contribution in [1.82, 2.24) is 0 Å². The van der Waals surface area contributed by atoms with Crippen molar-refractivity contribution in [3.8, 4) is 0 Å². The third kappa shape index (κ3) is 2.02. The standard InChI is InChI=1S/C13H15NO3/c1-2-10(13(16)17)12(15)14-8-7-9-5-3-4-6-11(9)14/h3-6,10H,2,7-8H2,1H3,(H,16,17). The topological polar surface area (TPSA) is 57.6 Å². The average Bonchev–Trinajstić information content (AvgIpc) is 2.72. The van der Waals surface area contributed by atoms with Crippen LogP contribution in [0.2, 0.25) is 0 Å². The molecule has 1 aromatic carbocycles. The van der Waals surface area contributed by atoms with Gasteiger partial charge < -0.3 is 10.0 Å². The number of aliphatic carboxylic acids is 1. The number of benzene rings is 1. The predicted octanol–water partition coefficient (Wildman–Crippen LogP) is 1.69. The van der Waals surface area contributed by atoms with E-state index in [0.717, 1.165) is 17.7 Å². The van der Waals surface area contributed by atoms with Gasteiger partial charge in [-0.1, -0.05) is 25.1 Å². The van der Waals surface area contributed by atoms with Crippen LogP contribution in [-0.2, 0) is 16.0 Å². The van der Waals surface area contributed by atoms with E-state index in [4.69, 9.17) is 5.11 Å². The lowest BCUT2D eigenvalue weighted by atomic mass is 10.1. The van der Waals surface area contributed by atoms with E-state index in [2.05, 4.69) is 0 Å². The smallest absolute Gasteiger partial charge is 0.316 e. The molecule has 0 radical (unpaired) electrons. The lowest BCUT2D eigenvalue weighted by Gasteiger charge is -2.20. The molecule has 17 heavy (non-hydrogen) atoms. The van der Waals surface area contributed by atoms with Crippen LogP contribution in [0, 0.1) is 5.92 Å². The van der Waals surface area contributed by atoms with Crippen molar-refractivity contribution in [3.63, 3.8) is 0 Å². The van der Waals surface area contributed by atoms with Crippen molar-refractivity contribution < 1.29 is 14.7 Å². The summed E-state index contributed by atoms with van der Waals surface area (Å²) in [5, 5.41) is 9.00. The number of anilines is 1. The minimum absolute atomic E-state index is 0.301. The van der Waals surface area contributed by atoms with Gasteiger partial charge in [0.1, 0.15) is 5.92 Å². The van der Waals surface area contributed by atoms with Gasteiger partial charge in [0, 0.05) is 12.2 Å². The summed E-state index contributed by atoms with van der Waals surface area (Å²) in [6.45, 7) is 2.31. The highest BCUT2D eigenvalue weighted by atomic mass is 16.4. The summed E-state index contributed by atoms with van der Waals surface area (Å²) in [5.74, 6) is -2.27. The highest BCUT2D eigenvalue weighted by Gasteiger charge is 2.32. The van der Waals surface area contributed by atoms with Crippen molar-refractivity contribution in [2.45, 2.75) is 19.8 Å². The summed E-state index contributed by atoms with van der Waals surface area (Å²) in [6.07, 6.45) is 1.13. The lowest BCUT2D eigenvalue weighted by Crippen LogP contribution is -2.38. The van der Waals surface area contributed by atoms with E-state index in [-0.39, 0.29) is 5.91 Å². The molecule has 0 saturated carbocycles. The van der Waals surface area contributed by atoms with Crippen LogP contribution < -0.4 is 4.90 Å². The molecule has 1 atom stereocenters. The fourth-order valence-electron chi connectivity index (χ4n) is 2.21. The number of hydrogen-bond acceptors (Lipinski definition) is 2. The Balaban J connectivity index is 2.26. The predicted molar refractivity (Wildman–Crippen MR) is 63.9 cm³/mol. The van der Waals surface area contributed by atoms with Crippen LogP contribution in [-0.4, -0.2) is 23.5 Å². The van der Waals surface area contributed by atoms with Crippen LogP contribution in [0.3, 0.4) is 0 Å². The number of carboxylic acid groups (broad SMARTS) is 1. The number of rotatable bonds is 3. The number of carbonyl (C=O) groups is 2. The van der Waals surface area contributed by atoms with Crippen molar-refractivity contribution >= 4 is 17.6 Å². The Morgan fingerprint density at radius 1 is 1.41 bits per heavy atom. The number of para-hydroxylation sites is 1. The minimum Gasteiger partial charge on any atom is -0.481 e. The van der Waals surface area contributed by atoms with Crippen molar-refractivity contribution in [2.75, 3.05) is 11.4 Å². The number of nitrogens with zero attached hydrogens (tertiary/aromatic N) is 1. The zero-order chi connectivity index (χ0) is 12.4. The fraction of sp³-hybridized carbons (Fsp3) is 0.385. The molecule has 1 amide bonds. The normalized spacial score (nSPS) is 15.5. The van der Waals surface area contributed by atoms with Gasteiger partial charge in [0.05, 0.1) is 0 Å². The second kappa shape index (κ2) is 4.57. The molecule has 0 bridgehead atoms. The molecular weight excluding hydrogens is 218 g/mol. The fourth-order valence-corrected chi connectivity index (χ4v) is 2.21. The van der Waals surface area contributed by atoms with Gasteiger partial charge in [0.15, 0.2) is 0 Å². The lowest BCUT2D eigenvalue weighted by molar-refractivity contribution is -0.146. The average molecular weight is 233 g/mol. The summed E-state index contributed by atoms with van der Waals surface area (Å²) >= 11 is 0. The number of fused-ring (bicyclic) bond motifs is 1. The first-order chi connectivity index (χ1) is 8.15. The van der Waals surface area contributed by atoms with Crippen LogP contribution in [0.25, 0.3) is 0 Å². The molecule has 4 nitrogen and oxygen atoms in total. The molecule has 1 aliphatic heterocycles. The zero-order valence-electron chi connectivity index (χ0n) is 9.72. The Morgan fingerprint density at radius 3 is 2.76 bits per heavy atom. The van der Waals surface area contributed by atoms with E-state index < -0.39 is 11.9 Å². The summed E-state index contributed by atoms with van der Waals surface area (Å²) in [6, 6.07) is 7.65. The maximum absolute atomic E-state index is 12.1. The van der Waals surface area contributed by atoms with Gasteiger partial charge in [-0.15, -0.1) is 0 Å². The van der Waals surface area contributed by atoms with Crippen molar-refractivity contribution in [3.05, 3.63) is 29.8 Å². The summed E-state index contributed by atoms with van der Waals surface area (Å²) in [4.78, 5) is 24.7. The first-order valence-corrected chi connectivity index (χ1v) is 5.77. The van der Waals surface area contributed by atoms with Crippen LogP contribution in [0.15, 0.2) is 24.3 Å². The minimum atomic E-state index is -1.04. The molecule has 0 spiro atoms. The highest BCUT2D eigenvalue weighted by Crippen LogP contribution is 2.29. The van der Waals surface area contributed by atoms with E-state index in [9.17, 15) is 9.59 Å². The summed E-state index contributed by atoms with van der Waals surface area (Å²) in [7, 11) is 0. The maximum atomic E-state index is 12.1. The molecule has 4 heteroatoms. The zero-order valence-corrected chi connectivity index (χ0v) is 9.72. The Kier molecular flexibility index (Phi) is 3.13. The van der Waals surface area contributed by atoms with Crippen molar-refractivity contribution in [1.29, 1.82) is 0 Å². The molecule has 1 unspecified atom stereocenters. The van der Waals surface area contributed by atoms with Crippen LogP contribution in [0.5, 0.6) is 0 Å². The first-order valence-electron chi connectivity index (χ1n) is 5.77. The quantitative estimate of drug-likeness (QED) is 0.808. The van der Waals surface area contributed by atoms with Crippen LogP contribution >= 0.6 is 0 Å². The second-order valence-electron chi connectivity index (χ2n) is 4.17. The number of amides is 1. The number of hydrogen-bond donors (Lipinski definition) is 1. The third-order valence-corrected chi connectivity index (χ3v) is 3.16.